The Morgan fingerprint density at radius 2 is 1.76 bits per heavy atom. The van der Waals surface area contributed by atoms with Gasteiger partial charge in [0.2, 0.25) is 0 Å². The number of halogens is 6. The lowest BCUT2D eigenvalue weighted by molar-refractivity contribution is -0.155. The van der Waals surface area contributed by atoms with E-state index in [1.807, 2.05) is 25.1 Å². The zero-order valence-corrected chi connectivity index (χ0v) is 21.4. The van der Waals surface area contributed by atoms with Crippen molar-refractivity contribution in [3.05, 3.63) is 64.9 Å². The van der Waals surface area contributed by atoms with Crippen LogP contribution in [0.4, 0.5) is 32.0 Å². The molecule has 4 unspecified atom stereocenters. The van der Waals surface area contributed by atoms with Crippen LogP contribution in [0.5, 0.6) is 0 Å². The van der Waals surface area contributed by atoms with Crippen LogP contribution < -0.4 is 5.32 Å². The maximum Gasteiger partial charge on any atom is 0.401 e. The van der Waals surface area contributed by atoms with E-state index in [1.54, 1.807) is 13.0 Å². The summed E-state index contributed by atoms with van der Waals surface area (Å²) < 4.78 is 85.0. The molecule has 3 heterocycles. The minimum Gasteiger partial charge on any atom is -0.381 e. The molecule has 1 fully saturated rings. The van der Waals surface area contributed by atoms with Gasteiger partial charge >= 0.3 is 6.18 Å². The van der Waals surface area contributed by atoms with Crippen molar-refractivity contribution in [1.29, 1.82) is 0 Å². The third-order valence-electron chi connectivity index (χ3n) is 7.88. The lowest BCUT2D eigenvalue weighted by Gasteiger charge is -2.41. The second-order valence-electron chi connectivity index (χ2n) is 10.7. The fraction of sp³-hybridized carbons (Fsp3) is 0.500. The molecule has 2 aliphatic rings. The molecular formula is C28H32F6N4. The van der Waals surface area contributed by atoms with Gasteiger partial charge < -0.3 is 15.2 Å². The third-order valence-corrected chi connectivity index (χ3v) is 7.88. The van der Waals surface area contributed by atoms with E-state index in [4.69, 9.17) is 0 Å². The van der Waals surface area contributed by atoms with Gasteiger partial charge in [0, 0.05) is 59.6 Å². The summed E-state index contributed by atoms with van der Waals surface area (Å²) >= 11 is 0. The zero-order chi connectivity index (χ0) is 27.2. The van der Waals surface area contributed by atoms with Gasteiger partial charge in [-0.05, 0) is 49.4 Å². The normalized spacial score (nSPS) is 24.7. The Balaban J connectivity index is 1.51. The van der Waals surface area contributed by atoms with Crippen LogP contribution in [-0.4, -0.2) is 65.9 Å². The first kappa shape index (κ1) is 26.9. The molecule has 38 heavy (non-hydrogen) atoms. The number of rotatable bonds is 7. The highest BCUT2D eigenvalue weighted by Gasteiger charge is 2.44. The Morgan fingerprint density at radius 1 is 1.05 bits per heavy atom. The standard InChI is InChI=1S/C28H32F6N4/c1-16-13-37(9-5-8-29)14-24(16)35-18-11-21(30)25(22(31)12-18)27-26-20(19-6-3-4-7-23(19)36-26)10-17(2)38(27)15-28(32,33)34/h3-4,6-7,11-12,16-17,24,27,35-36H,5,8-10,13-15H2,1-2H3. The molecule has 3 aromatic rings. The molecule has 0 radical (unpaired) electrons. The lowest BCUT2D eigenvalue weighted by Crippen LogP contribution is -2.47. The van der Waals surface area contributed by atoms with E-state index < -0.39 is 48.7 Å². The van der Waals surface area contributed by atoms with Crippen LogP contribution in [0.25, 0.3) is 10.9 Å². The van der Waals surface area contributed by atoms with Crippen LogP contribution in [0.1, 0.15) is 43.1 Å². The number of alkyl halides is 4. The molecule has 4 atom stereocenters. The van der Waals surface area contributed by atoms with Crippen molar-refractivity contribution in [2.45, 2.75) is 51.0 Å². The fourth-order valence-electron chi connectivity index (χ4n) is 6.14. The van der Waals surface area contributed by atoms with E-state index in [9.17, 15) is 17.6 Å². The van der Waals surface area contributed by atoms with E-state index in [2.05, 4.69) is 15.2 Å². The van der Waals surface area contributed by atoms with Gasteiger partial charge in [-0.25, -0.2) is 8.78 Å². The molecule has 0 saturated carbocycles. The lowest BCUT2D eigenvalue weighted by atomic mass is 9.88. The number of aromatic nitrogens is 1. The highest BCUT2D eigenvalue weighted by molar-refractivity contribution is 5.85. The van der Waals surface area contributed by atoms with Gasteiger partial charge in [0.05, 0.1) is 19.3 Å². The van der Waals surface area contributed by atoms with Crippen molar-refractivity contribution >= 4 is 16.6 Å². The predicted octanol–water partition coefficient (Wildman–Crippen LogP) is 6.44. The first-order chi connectivity index (χ1) is 18.1. The number of fused-ring (bicyclic) bond motifs is 3. The van der Waals surface area contributed by atoms with Crippen LogP contribution in [0.2, 0.25) is 0 Å². The van der Waals surface area contributed by atoms with Crippen LogP contribution >= 0.6 is 0 Å². The average Bonchev–Trinajstić information content (AvgIpc) is 3.38. The van der Waals surface area contributed by atoms with Crippen LogP contribution in [-0.2, 0) is 6.42 Å². The number of hydrogen-bond donors (Lipinski definition) is 2. The van der Waals surface area contributed by atoms with Crippen molar-refractivity contribution in [3.8, 4) is 0 Å². The Kier molecular flexibility index (Phi) is 7.39. The Morgan fingerprint density at radius 3 is 2.45 bits per heavy atom. The molecular weight excluding hydrogens is 506 g/mol. The Bertz CT molecular complexity index is 1270. The largest absolute Gasteiger partial charge is 0.401 e. The Hall–Kier alpha value is -2.72. The first-order valence-corrected chi connectivity index (χ1v) is 13.0. The zero-order valence-electron chi connectivity index (χ0n) is 21.4. The SMILES string of the molecule is CC1CN(CCCF)CC1Nc1cc(F)c(C2c3[nH]c4ccccc4c3CC(C)N2CC(F)(F)F)c(F)c1. The molecule has 2 N–H and O–H groups in total. The summed E-state index contributed by atoms with van der Waals surface area (Å²) in [4.78, 5) is 6.41. The number of para-hydroxylation sites is 1. The van der Waals surface area contributed by atoms with Crippen molar-refractivity contribution in [2.24, 2.45) is 5.92 Å². The second kappa shape index (κ2) is 10.4. The molecule has 1 saturated heterocycles. The van der Waals surface area contributed by atoms with Crippen LogP contribution in [0.3, 0.4) is 0 Å². The van der Waals surface area contributed by atoms with Gasteiger partial charge in [-0.3, -0.25) is 9.29 Å². The molecule has 0 aliphatic carbocycles. The van der Waals surface area contributed by atoms with E-state index >= 15 is 8.78 Å². The Labute approximate surface area is 218 Å². The second-order valence-corrected chi connectivity index (χ2v) is 10.7. The predicted molar refractivity (Wildman–Crippen MR) is 136 cm³/mol. The van der Waals surface area contributed by atoms with Gasteiger partial charge in [0.25, 0.3) is 0 Å². The monoisotopic (exact) mass is 538 g/mol. The number of benzene rings is 2. The minimum atomic E-state index is -4.54. The maximum atomic E-state index is 15.7. The van der Waals surface area contributed by atoms with E-state index in [0.717, 1.165) is 27.9 Å². The third kappa shape index (κ3) is 5.25. The molecule has 10 heteroatoms. The van der Waals surface area contributed by atoms with E-state index in [-0.39, 0.29) is 17.6 Å². The highest BCUT2D eigenvalue weighted by Crippen LogP contribution is 2.44. The number of nitrogens with zero attached hydrogens (tertiary/aromatic N) is 2. The summed E-state index contributed by atoms with van der Waals surface area (Å²) in [5, 5.41) is 4.04. The quantitative estimate of drug-likeness (QED) is 0.340. The summed E-state index contributed by atoms with van der Waals surface area (Å²) in [6, 6.07) is 7.71. The van der Waals surface area contributed by atoms with Gasteiger partial charge in [-0.1, -0.05) is 25.1 Å². The van der Waals surface area contributed by atoms with Gasteiger partial charge in [-0.2, -0.15) is 13.2 Å². The average molecular weight is 539 g/mol. The van der Waals surface area contributed by atoms with Crippen molar-refractivity contribution in [1.82, 2.24) is 14.8 Å². The molecule has 2 aromatic carbocycles. The summed E-state index contributed by atoms with van der Waals surface area (Å²) in [7, 11) is 0. The van der Waals surface area contributed by atoms with Crippen LogP contribution in [0.15, 0.2) is 36.4 Å². The number of nitrogens with one attached hydrogen (secondary N) is 2. The van der Waals surface area contributed by atoms with Gasteiger partial charge in [-0.15, -0.1) is 0 Å². The molecule has 0 bridgehead atoms. The number of aromatic amines is 1. The summed E-state index contributed by atoms with van der Waals surface area (Å²) in [6.45, 7) is 3.96. The molecule has 1 aromatic heterocycles. The molecule has 0 spiro atoms. The smallest absolute Gasteiger partial charge is 0.381 e. The molecule has 4 nitrogen and oxygen atoms in total. The summed E-state index contributed by atoms with van der Waals surface area (Å²) in [5.41, 5.74) is 1.72. The molecule has 5 rings (SSSR count). The van der Waals surface area contributed by atoms with E-state index in [0.29, 0.717) is 31.6 Å². The minimum absolute atomic E-state index is 0.0870. The maximum absolute atomic E-state index is 15.7. The van der Waals surface area contributed by atoms with Crippen LogP contribution in [0, 0.1) is 17.6 Å². The van der Waals surface area contributed by atoms with Crippen molar-refractivity contribution < 1.29 is 26.3 Å². The van der Waals surface area contributed by atoms with Gasteiger partial charge in [0.15, 0.2) is 0 Å². The number of H-pyrrole nitrogens is 1. The number of anilines is 1. The highest BCUT2D eigenvalue weighted by atomic mass is 19.4. The summed E-state index contributed by atoms with van der Waals surface area (Å²) in [6.07, 6.45) is -3.79. The van der Waals surface area contributed by atoms with Gasteiger partial charge in [0.1, 0.15) is 11.6 Å². The topological polar surface area (TPSA) is 34.3 Å². The van der Waals surface area contributed by atoms with Crippen molar-refractivity contribution in [3.63, 3.8) is 0 Å². The number of likely N-dealkylation sites (tertiary alicyclic amines) is 1. The molecule has 0 amide bonds. The molecule has 2 aliphatic heterocycles. The van der Waals surface area contributed by atoms with Crippen molar-refractivity contribution in [2.75, 3.05) is 38.2 Å². The summed E-state index contributed by atoms with van der Waals surface area (Å²) in [5.74, 6) is -1.62. The number of hydrogen-bond acceptors (Lipinski definition) is 3. The molecule has 206 valence electrons. The fourth-order valence-corrected chi connectivity index (χ4v) is 6.14. The van der Waals surface area contributed by atoms with E-state index in [1.165, 1.54) is 12.1 Å². The first-order valence-electron chi connectivity index (χ1n) is 13.0.